The van der Waals surface area contributed by atoms with Gasteiger partial charge in [0.25, 0.3) is 0 Å². The fraction of sp³-hybridized carbons (Fsp3) is 0. The third-order valence-electron chi connectivity index (χ3n) is 14.3. The summed E-state index contributed by atoms with van der Waals surface area (Å²) >= 11 is 1.77. The third kappa shape index (κ3) is 6.69. The van der Waals surface area contributed by atoms with Crippen LogP contribution in [0.3, 0.4) is 0 Å². The molecule has 6 nitrogen and oxygen atoms in total. The summed E-state index contributed by atoms with van der Waals surface area (Å²) < 4.78 is 6.77. The summed E-state index contributed by atoms with van der Waals surface area (Å²) in [5, 5.41) is 20.3. The number of para-hydroxylation sites is 4. The van der Waals surface area contributed by atoms with Gasteiger partial charge in [0.05, 0.1) is 45.6 Å². The minimum atomic E-state index is 0.439. The highest BCUT2D eigenvalue weighted by molar-refractivity contribution is 7.25. The number of hydrogen-bond donors (Lipinski definition) is 0. The number of thiophene rings is 1. The van der Waals surface area contributed by atoms with Crippen molar-refractivity contribution in [3.63, 3.8) is 0 Å². The molecular formula is C66H40N6S. The summed E-state index contributed by atoms with van der Waals surface area (Å²) in [6.45, 7) is 8.91. The molecule has 0 aliphatic carbocycles. The van der Waals surface area contributed by atoms with E-state index in [1.807, 2.05) is 36.4 Å². The summed E-state index contributed by atoms with van der Waals surface area (Å²) in [6.07, 6.45) is 0. The molecule has 340 valence electrons. The van der Waals surface area contributed by atoms with Crippen molar-refractivity contribution in [2.75, 3.05) is 9.80 Å². The van der Waals surface area contributed by atoms with Crippen molar-refractivity contribution in [3.8, 4) is 17.4 Å². The smallest absolute Gasteiger partial charge is 0.212 e. The molecule has 0 unspecified atom stereocenters. The number of rotatable bonds is 8. The van der Waals surface area contributed by atoms with Crippen LogP contribution in [0.2, 0.25) is 0 Å². The van der Waals surface area contributed by atoms with E-state index >= 15 is 0 Å². The molecule has 7 heteroatoms. The Kier molecular flexibility index (Phi) is 9.72. The lowest BCUT2D eigenvalue weighted by Gasteiger charge is -2.25. The van der Waals surface area contributed by atoms with Crippen LogP contribution in [-0.2, 0) is 0 Å². The quantitative estimate of drug-likeness (QED) is 0.143. The van der Waals surface area contributed by atoms with Crippen molar-refractivity contribution < 1.29 is 0 Å². The van der Waals surface area contributed by atoms with Gasteiger partial charge in [0, 0.05) is 75.8 Å². The molecule has 0 radical (unpaired) electrons. The van der Waals surface area contributed by atoms with Gasteiger partial charge in [0.15, 0.2) is 0 Å². The number of nitriles is 1. The molecule has 0 aliphatic rings. The lowest BCUT2D eigenvalue weighted by atomic mass is 10.0. The highest BCUT2D eigenvalue weighted by atomic mass is 32.1. The Labute approximate surface area is 424 Å². The van der Waals surface area contributed by atoms with Crippen molar-refractivity contribution in [2.45, 2.75) is 0 Å². The second-order valence-corrected chi connectivity index (χ2v) is 19.4. The topological polar surface area (TPSA) is 44.5 Å². The first-order valence-corrected chi connectivity index (χ1v) is 25.1. The van der Waals surface area contributed by atoms with Gasteiger partial charge >= 0.3 is 0 Å². The van der Waals surface area contributed by atoms with E-state index in [1.165, 1.54) is 15.5 Å². The predicted molar refractivity (Wildman–Crippen MR) is 306 cm³/mol. The monoisotopic (exact) mass is 948 g/mol. The van der Waals surface area contributed by atoms with Gasteiger partial charge in [-0.1, -0.05) is 121 Å². The van der Waals surface area contributed by atoms with Gasteiger partial charge in [0.2, 0.25) is 5.69 Å². The Morgan fingerprint density at radius 2 is 0.890 bits per heavy atom. The lowest BCUT2D eigenvalue weighted by Crippen LogP contribution is -2.09. The molecule has 3 heterocycles. The highest BCUT2D eigenvalue weighted by Crippen LogP contribution is 2.47. The maximum Gasteiger partial charge on any atom is 0.212 e. The normalized spacial score (nSPS) is 11.5. The summed E-state index contributed by atoms with van der Waals surface area (Å²) in [5.74, 6) is 0. The molecule has 3 aromatic heterocycles. The number of hydrogen-bond acceptors (Lipinski definition) is 4. The lowest BCUT2D eigenvalue weighted by molar-refractivity contribution is 1.14. The fourth-order valence-electron chi connectivity index (χ4n) is 11.1. The number of fused-ring (bicyclic) bond motifs is 11. The standard InChI is InChI=1S/C66H40N6S/c1-68-57-40-61(72-58-34-31-49(69(45-19-6-2-7-20-45)46-21-8-3-9-22-46)37-53(58)54-39-55-52-28-16-17-29-64(52)73-65(55)41-62(54)72)44(42-67)36-63(57)71-59-35-32-50(70(47-23-10-4-11-24-47)48-25-12-5-13-26-48)38-56(59)66-51-27-15-14-18-43(51)30-33-60(66)71/h2-41H. The largest absolute Gasteiger partial charge is 0.319 e. The Morgan fingerprint density at radius 3 is 1.49 bits per heavy atom. The van der Waals surface area contributed by atoms with Crippen LogP contribution in [0.25, 0.3) is 90.8 Å². The van der Waals surface area contributed by atoms with E-state index in [0.717, 1.165) is 93.2 Å². The van der Waals surface area contributed by atoms with Crippen LogP contribution in [0, 0.1) is 17.9 Å². The van der Waals surface area contributed by atoms with Gasteiger partial charge in [-0.2, -0.15) is 5.26 Å². The predicted octanol–water partition coefficient (Wildman–Crippen LogP) is 18.8. The van der Waals surface area contributed by atoms with Crippen LogP contribution in [0.4, 0.5) is 39.8 Å². The Hall–Kier alpha value is -9.92. The highest BCUT2D eigenvalue weighted by Gasteiger charge is 2.25. The molecule has 0 saturated heterocycles. The minimum absolute atomic E-state index is 0.439. The van der Waals surface area contributed by atoms with E-state index < -0.39 is 0 Å². The van der Waals surface area contributed by atoms with E-state index in [0.29, 0.717) is 22.6 Å². The number of anilines is 6. The summed E-state index contributed by atoms with van der Waals surface area (Å²) in [5.41, 5.74) is 12.2. The van der Waals surface area contributed by atoms with Crippen molar-refractivity contribution >= 4 is 126 Å². The van der Waals surface area contributed by atoms with E-state index in [-0.39, 0.29) is 0 Å². The summed E-state index contributed by atoms with van der Waals surface area (Å²) in [6, 6.07) is 87.5. The fourth-order valence-corrected chi connectivity index (χ4v) is 12.2. The average Bonchev–Trinajstić information content (AvgIpc) is 4.10. The molecule has 11 aromatic carbocycles. The first kappa shape index (κ1) is 42.0. The van der Waals surface area contributed by atoms with Crippen molar-refractivity contribution in [1.82, 2.24) is 9.13 Å². The van der Waals surface area contributed by atoms with Crippen LogP contribution >= 0.6 is 11.3 Å². The summed E-state index contributed by atoms with van der Waals surface area (Å²) in [7, 11) is 0. The molecule has 0 saturated carbocycles. The van der Waals surface area contributed by atoms with Crippen molar-refractivity contribution in [1.29, 1.82) is 5.26 Å². The van der Waals surface area contributed by atoms with Crippen LogP contribution in [-0.4, -0.2) is 9.13 Å². The maximum absolute atomic E-state index is 11.4. The van der Waals surface area contributed by atoms with Crippen LogP contribution in [0.1, 0.15) is 5.56 Å². The Morgan fingerprint density at radius 1 is 0.384 bits per heavy atom. The first-order valence-electron chi connectivity index (χ1n) is 24.3. The van der Waals surface area contributed by atoms with E-state index in [1.54, 1.807) is 11.3 Å². The minimum Gasteiger partial charge on any atom is -0.319 e. The zero-order chi connectivity index (χ0) is 48.6. The van der Waals surface area contributed by atoms with Gasteiger partial charge in [-0.25, -0.2) is 4.85 Å². The molecule has 0 amide bonds. The zero-order valence-electron chi connectivity index (χ0n) is 39.2. The van der Waals surface area contributed by atoms with Gasteiger partial charge in [-0.05, 0) is 132 Å². The van der Waals surface area contributed by atoms with Gasteiger partial charge < -0.3 is 18.9 Å². The van der Waals surface area contributed by atoms with Crippen LogP contribution < -0.4 is 9.80 Å². The van der Waals surface area contributed by atoms with Gasteiger partial charge in [-0.15, -0.1) is 11.3 Å². The SMILES string of the molecule is [C-]#[N+]c1cc(-n2c3ccc(N(c4ccccc4)c4ccccc4)cc3c3cc4c(cc32)sc2ccccc24)c(C#N)cc1-n1c2ccc(N(c3ccccc3)c3ccccc3)cc2c2c3ccccc3ccc21. The molecule has 0 spiro atoms. The Balaban J connectivity index is 1.02. The molecule has 73 heavy (non-hydrogen) atoms. The third-order valence-corrected chi connectivity index (χ3v) is 15.4. The second kappa shape index (κ2) is 16.9. The molecule has 14 rings (SSSR count). The molecule has 0 atom stereocenters. The van der Waals surface area contributed by atoms with Crippen molar-refractivity contribution in [3.05, 3.63) is 260 Å². The second-order valence-electron chi connectivity index (χ2n) is 18.3. The zero-order valence-corrected chi connectivity index (χ0v) is 40.0. The first-order chi connectivity index (χ1) is 36.1. The molecule has 0 N–H and O–H groups in total. The van der Waals surface area contributed by atoms with E-state index in [4.69, 9.17) is 6.57 Å². The van der Waals surface area contributed by atoms with Gasteiger partial charge in [-0.3, -0.25) is 0 Å². The molecule has 0 bridgehead atoms. The van der Waals surface area contributed by atoms with E-state index in [9.17, 15) is 5.26 Å². The molecule has 0 fully saturated rings. The number of nitrogens with zero attached hydrogens (tertiary/aromatic N) is 6. The number of aromatic nitrogens is 2. The van der Waals surface area contributed by atoms with Crippen LogP contribution in [0.15, 0.2) is 243 Å². The molecule has 14 aromatic rings. The van der Waals surface area contributed by atoms with Crippen molar-refractivity contribution in [2.24, 2.45) is 0 Å². The maximum atomic E-state index is 11.4. The van der Waals surface area contributed by atoms with Crippen LogP contribution in [0.5, 0.6) is 0 Å². The molecule has 0 aliphatic heterocycles. The van der Waals surface area contributed by atoms with Gasteiger partial charge in [0.1, 0.15) is 6.07 Å². The summed E-state index contributed by atoms with van der Waals surface area (Å²) in [4.78, 5) is 8.88. The molecular weight excluding hydrogens is 909 g/mol. The number of benzene rings is 11. The van der Waals surface area contributed by atoms with E-state index in [2.05, 4.69) is 236 Å². The Bertz CT molecular complexity index is 4500. The average molecular weight is 949 g/mol.